The second kappa shape index (κ2) is 10.1. The summed E-state index contributed by atoms with van der Waals surface area (Å²) in [4.78, 5) is 39.6. The highest BCUT2D eigenvalue weighted by molar-refractivity contribution is 5.94. The molecule has 3 aromatic carbocycles. The molecule has 0 amide bonds. The van der Waals surface area contributed by atoms with Crippen LogP contribution in [-0.4, -0.2) is 40.1 Å². The van der Waals surface area contributed by atoms with Gasteiger partial charge in [-0.2, -0.15) is 0 Å². The zero-order valence-electron chi connectivity index (χ0n) is 21.8. The molecule has 1 atom stereocenters. The Hall–Kier alpha value is -5.25. The summed E-state index contributed by atoms with van der Waals surface area (Å²) in [6, 6.07) is 16.5. The van der Waals surface area contributed by atoms with Crippen molar-refractivity contribution in [2.45, 2.75) is 12.3 Å². The van der Waals surface area contributed by atoms with Gasteiger partial charge in [0.25, 0.3) is 5.56 Å². The van der Waals surface area contributed by atoms with Gasteiger partial charge in [0.1, 0.15) is 22.5 Å². The van der Waals surface area contributed by atoms with Crippen molar-refractivity contribution >= 4 is 27.8 Å². The summed E-state index contributed by atoms with van der Waals surface area (Å²) in [5.41, 5.74) is -0.605. The molecule has 10 heteroatoms. The van der Waals surface area contributed by atoms with Crippen LogP contribution in [0.5, 0.6) is 23.0 Å². The first-order valence-corrected chi connectivity index (χ1v) is 12.2. The highest BCUT2D eigenvalue weighted by Crippen LogP contribution is 2.49. The van der Waals surface area contributed by atoms with Crippen LogP contribution in [0.25, 0.3) is 33.2 Å². The van der Waals surface area contributed by atoms with Crippen LogP contribution in [0.1, 0.15) is 23.5 Å². The average Bonchev–Trinajstić information content (AvgIpc) is 2.97. The topological polar surface area (TPSA) is 148 Å². The van der Waals surface area contributed by atoms with E-state index in [1.165, 1.54) is 18.8 Å². The smallest absolute Gasteiger partial charge is 0.306 e. The summed E-state index contributed by atoms with van der Waals surface area (Å²) < 4.78 is 17.6. The van der Waals surface area contributed by atoms with Crippen LogP contribution >= 0.6 is 0 Å². The number of methoxy groups -OCH3 is 2. The van der Waals surface area contributed by atoms with Gasteiger partial charge in [-0.3, -0.25) is 14.4 Å². The molecule has 2 aromatic heterocycles. The number of hydrogen-bond donors (Lipinski definition) is 3. The number of phenols is 3. The van der Waals surface area contributed by atoms with E-state index in [1.54, 1.807) is 61.6 Å². The van der Waals surface area contributed by atoms with E-state index in [9.17, 15) is 29.7 Å². The third-order valence-electron chi connectivity index (χ3n) is 6.98. The average molecular weight is 544 g/mol. The van der Waals surface area contributed by atoms with Crippen molar-refractivity contribution in [3.63, 3.8) is 0 Å². The third-order valence-corrected chi connectivity index (χ3v) is 6.98. The fraction of sp³-hybridized carbons (Fsp3) is 0.167. The Bertz CT molecular complexity index is 1910. The molecule has 5 aromatic rings. The van der Waals surface area contributed by atoms with Gasteiger partial charge in [-0.15, -0.1) is 0 Å². The molecule has 0 spiro atoms. The summed E-state index contributed by atoms with van der Waals surface area (Å²) in [5.74, 6) is -4.06. The number of rotatable bonds is 6. The van der Waals surface area contributed by atoms with Gasteiger partial charge in [-0.1, -0.05) is 30.3 Å². The van der Waals surface area contributed by atoms with E-state index in [1.807, 2.05) is 0 Å². The van der Waals surface area contributed by atoms with Crippen LogP contribution in [0.15, 0.2) is 74.7 Å². The van der Waals surface area contributed by atoms with Crippen molar-refractivity contribution in [2.24, 2.45) is 7.05 Å². The first-order chi connectivity index (χ1) is 19.2. The Labute approximate surface area is 226 Å². The van der Waals surface area contributed by atoms with Crippen LogP contribution in [0.3, 0.4) is 0 Å². The quantitative estimate of drug-likeness (QED) is 0.212. The molecule has 204 valence electrons. The molecule has 0 saturated heterocycles. The van der Waals surface area contributed by atoms with Gasteiger partial charge in [-0.05, 0) is 23.6 Å². The number of aromatic nitrogens is 1. The summed E-state index contributed by atoms with van der Waals surface area (Å²) in [6.07, 6.45) is -0.459. The number of carbonyl (C=O) groups excluding carboxylic acids is 1. The minimum atomic E-state index is -1.25. The maximum Gasteiger partial charge on any atom is 0.306 e. The van der Waals surface area contributed by atoms with Crippen molar-refractivity contribution in [2.75, 3.05) is 14.2 Å². The zero-order chi connectivity index (χ0) is 28.7. The molecular formula is C30H25NO9. The highest BCUT2D eigenvalue weighted by Gasteiger charge is 2.33. The molecule has 1 unspecified atom stereocenters. The van der Waals surface area contributed by atoms with Gasteiger partial charge in [0.15, 0.2) is 16.9 Å². The number of hydrogen-bond acceptors (Lipinski definition) is 9. The van der Waals surface area contributed by atoms with Gasteiger partial charge in [0.2, 0.25) is 5.75 Å². The number of nitrogens with zero attached hydrogens (tertiary/aromatic N) is 1. The van der Waals surface area contributed by atoms with E-state index in [0.29, 0.717) is 22.2 Å². The lowest BCUT2D eigenvalue weighted by atomic mass is 9.86. The number of phenolic OH excluding ortho intramolecular Hbond substituents is 3. The molecule has 0 saturated carbocycles. The summed E-state index contributed by atoms with van der Waals surface area (Å²) in [6.45, 7) is 0. The standard InChI is InChI=1S/C30H25NO9/c1-31-20-12-17(38-2)10-9-16(20)11-19(30(31)37)18(13-23(33)39-3)24-26(34)28(36)27(35)25-21(32)14-22(40-29(24)25)15-7-5-4-6-8-15/h4-12,14,18,34-36H,13H2,1-3H3. The van der Waals surface area contributed by atoms with Crippen molar-refractivity contribution in [3.8, 4) is 34.3 Å². The number of esters is 1. The molecule has 0 aliphatic carbocycles. The normalized spacial score (nSPS) is 12.0. The monoisotopic (exact) mass is 543 g/mol. The fourth-order valence-electron chi connectivity index (χ4n) is 4.90. The molecule has 40 heavy (non-hydrogen) atoms. The minimum Gasteiger partial charge on any atom is -0.504 e. The minimum absolute atomic E-state index is 0.0556. The largest absolute Gasteiger partial charge is 0.504 e. The summed E-state index contributed by atoms with van der Waals surface area (Å²) >= 11 is 0. The molecule has 10 nitrogen and oxygen atoms in total. The Morgan fingerprint density at radius 1 is 0.950 bits per heavy atom. The number of benzene rings is 3. The second-order valence-electron chi connectivity index (χ2n) is 9.23. The molecule has 3 N–H and O–H groups in total. The van der Waals surface area contributed by atoms with Crippen LogP contribution in [0.2, 0.25) is 0 Å². The molecule has 2 heterocycles. The Morgan fingerprint density at radius 2 is 1.68 bits per heavy atom. The van der Waals surface area contributed by atoms with E-state index in [4.69, 9.17) is 13.9 Å². The Kier molecular flexibility index (Phi) is 6.68. The third kappa shape index (κ3) is 4.29. The predicted molar refractivity (Wildman–Crippen MR) is 147 cm³/mol. The highest BCUT2D eigenvalue weighted by atomic mass is 16.5. The summed E-state index contributed by atoms with van der Waals surface area (Å²) in [5, 5.41) is 32.6. The molecule has 0 aliphatic rings. The van der Waals surface area contributed by atoms with Crippen LogP contribution in [0, 0.1) is 0 Å². The number of pyridine rings is 1. The summed E-state index contributed by atoms with van der Waals surface area (Å²) in [7, 11) is 4.22. The first kappa shape index (κ1) is 26.4. The number of fused-ring (bicyclic) bond motifs is 2. The molecule has 0 fully saturated rings. The van der Waals surface area contributed by atoms with Crippen molar-refractivity contribution in [1.82, 2.24) is 4.57 Å². The first-order valence-electron chi connectivity index (χ1n) is 12.2. The maximum absolute atomic E-state index is 13.7. The van der Waals surface area contributed by atoms with E-state index in [-0.39, 0.29) is 22.5 Å². The number of aromatic hydroxyl groups is 3. The van der Waals surface area contributed by atoms with Gasteiger partial charge in [-0.25, -0.2) is 0 Å². The van der Waals surface area contributed by atoms with Crippen molar-refractivity contribution in [1.29, 1.82) is 0 Å². The lowest BCUT2D eigenvalue weighted by Gasteiger charge is -2.21. The molecular weight excluding hydrogens is 518 g/mol. The van der Waals surface area contributed by atoms with E-state index in [2.05, 4.69) is 0 Å². The van der Waals surface area contributed by atoms with Gasteiger partial charge >= 0.3 is 5.97 Å². The van der Waals surface area contributed by atoms with Crippen LogP contribution in [-0.2, 0) is 16.6 Å². The van der Waals surface area contributed by atoms with Gasteiger partial charge in [0, 0.05) is 41.8 Å². The van der Waals surface area contributed by atoms with Gasteiger partial charge < -0.3 is 33.8 Å². The Balaban J connectivity index is 1.89. The molecule has 0 radical (unpaired) electrons. The van der Waals surface area contributed by atoms with Crippen LogP contribution in [0.4, 0.5) is 0 Å². The zero-order valence-corrected chi connectivity index (χ0v) is 21.8. The van der Waals surface area contributed by atoms with E-state index in [0.717, 1.165) is 6.07 Å². The van der Waals surface area contributed by atoms with Crippen molar-refractivity contribution in [3.05, 3.63) is 92.4 Å². The number of carbonyl (C=O) groups is 1. The van der Waals surface area contributed by atoms with Crippen molar-refractivity contribution < 1.29 is 34.0 Å². The second-order valence-corrected chi connectivity index (χ2v) is 9.23. The predicted octanol–water partition coefficient (Wildman–Crippen LogP) is 4.13. The van der Waals surface area contributed by atoms with E-state index >= 15 is 0 Å². The lowest BCUT2D eigenvalue weighted by molar-refractivity contribution is -0.140. The Morgan fingerprint density at radius 3 is 2.35 bits per heavy atom. The number of ether oxygens (including phenoxy) is 2. The van der Waals surface area contributed by atoms with Crippen LogP contribution < -0.4 is 15.7 Å². The van der Waals surface area contributed by atoms with Gasteiger partial charge in [0.05, 0.1) is 26.2 Å². The molecule has 0 aliphatic heterocycles. The SMILES string of the molecule is COC(=O)CC(c1cc2ccc(OC)cc2n(C)c1=O)c1c(O)c(O)c(O)c2c(=O)cc(-c3ccccc3)oc12. The molecule has 5 rings (SSSR count). The lowest BCUT2D eigenvalue weighted by Crippen LogP contribution is -2.25. The van der Waals surface area contributed by atoms with E-state index < -0.39 is 51.9 Å². The maximum atomic E-state index is 13.7. The number of aryl methyl sites for hydroxylation is 1. The molecule has 0 bridgehead atoms. The fourth-order valence-corrected chi connectivity index (χ4v) is 4.90.